The van der Waals surface area contributed by atoms with Crippen molar-refractivity contribution in [3.05, 3.63) is 26.6 Å². The van der Waals surface area contributed by atoms with E-state index in [4.69, 9.17) is 11.5 Å². The van der Waals surface area contributed by atoms with Gasteiger partial charge in [-0.1, -0.05) is 6.42 Å². The van der Waals surface area contributed by atoms with Crippen LogP contribution in [0.3, 0.4) is 0 Å². The molecule has 0 atom stereocenters. The maximum absolute atomic E-state index is 14.6. The van der Waals surface area contributed by atoms with Gasteiger partial charge >= 0.3 is 0 Å². The molecule has 1 heterocycles. The lowest BCUT2D eigenvalue weighted by molar-refractivity contribution is 0.303. The van der Waals surface area contributed by atoms with Gasteiger partial charge in [-0.2, -0.15) is 4.99 Å². The van der Waals surface area contributed by atoms with Crippen LogP contribution in [0.2, 0.25) is 0 Å². The molecule has 3 rings (SSSR count). The lowest BCUT2D eigenvalue weighted by Gasteiger charge is -2.45. The van der Waals surface area contributed by atoms with Crippen molar-refractivity contribution in [3.63, 3.8) is 0 Å². The van der Waals surface area contributed by atoms with Crippen LogP contribution in [0.4, 0.5) is 14.5 Å². The molecule has 1 aromatic rings. The Morgan fingerprint density at radius 3 is 2.43 bits per heavy atom. The molecule has 1 fully saturated rings. The van der Waals surface area contributed by atoms with Crippen molar-refractivity contribution in [2.75, 3.05) is 4.90 Å². The fourth-order valence-corrected chi connectivity index (χ4v) is 4.45. The fraction of sp³-hybridized carbons (Fsp3) is 0.429. The predicted molar refractivity (Wildman–Crippen MR) is 93.3 cm³/mol. The van der Waals surface area contributed by atoms with Crippen molar-refractivity contribution in [1.82, 2.24) is 0 Å². The first-order valence-electron chi connectivity index (χ1n) is 7.18. The zero-order valence-corrected chi connectivity index (χ0v) is 15.3. The van der Waals surface area contributed by atoms with Gasteiger partial charge in [0.25, 0.3) is 0 Å². The Morgan fingerprint density at radius 1 is 1.13 bits per heavy atom. The van der Waals surface area contributed by atoms with E-state index in [2.05, 4.69) is 41.8 Å². The van der Waals surface area contributed by atoms with E-state index < -0.39 is 17.3 Å². The Morgan fingerprint density at radius 2 is 1.78 bits per heavy atom. The molecule has 1 saturated carbocycles. The summed E-state index contributed by atoms with van der Waals surface area (Å²) in [5.41, 5.74) is 11.0. The highest BCUT2D eigenvalue weighted by molar-refractivity contribution is 9.11. The van der Waals surface area contributed by atoms with Gasteiger partial charge in [0.05, 0.1) is 14.6 Å². The van der Waals surface area contributed by atoms with Crippen LogP contribution in [-0.4, -0.2) is 17.6 Å². The number of benzene rings is 1. The summed E-state index contributed by atoms with van der Waals surface area (Å²) in [5.74, 6) is -1.15. The third-order valence-corrected chi connectivity index (χ3v) is 5.47. The summed E-state index contributed by atoms with van der Waals surface area (Å²) in [6, 6.07) is 1.07. The Balaban J connectivity index is 2.21. The van der Waals surface area contributed by atoms with Crippen LogP contribution in [0.5, 0.6) is 0 Å². The molecule has 1 aromatic carbocycles. The van der Waals surface area contributed by atoms with Crippen LogP contribution in [0.1, 0.15) is 32.1 Å². The molecular formula is C14H15Br2F2N5. The predicted octanol–water partition coefficient (Wildman–Crippen LogP) is 3.60. The van der Waals surface area contributed by atoms with E-state index in [0.717, 1.165) is 25.3 Å². The van der Waals surface area contributed by atoms with E-state index in [0.29, 0.717) is 12.8 Å². The number of halogens is 4. The number of nitrogens with two attached hydrogens (primary N) is 2. The van der Waals surface area contributed by atoms with Crippen LogP contribution in [0, 0.1) is 11.6 Å². The normalized spacial score (nSPS) is 20.4. The minimum atomic E-state index is -0.822. The summed E-state index contributed by atoms with van der Waals surface area (Å²) >= 11 is 6.13. The molecule has 23 heavy (non-hydrogen) atoms. The lowest BCUT2D eigenvalue weighted by atomic mass is 9.87. The summed E-state index contributed by atoms with van der Waals surface area (Å²) in [4.78, 5) is 9.87. The van der Waals surface area contributed by atoms with E-state index in [9.17, 15) is 8.78 Å². The van der Waals surface area contributed by atoms with Gasteiger partial charge in [-0.3, -0.25) is 4.90 Å². The van der Waals surface area contributed by atoms with Crippen molar-refractivity contribution in [2.24, 2.45) is 21.5 Å². The van der Waals surface area contributed by atoms with Crippen LogP contribution in [0.15, 0.2) is 25.0 Å². The average molecular weight is 451 g/mol. The van der Waals surface area contributed by atoms with E-state index in [1.54, 1.807) is 0 Å². The summed E-state index contributed by atoms with van der Waals surface area (Å²) in [6.45, 7) is 0. The second-order valence-electron chi connectivity index (χ2n) is 5.64. The number of nitrogens with zero attached hydrogens (tertiary/aromatic N) is 3. The third-order valence-electron chi connectivity index (χ3n) is 4.16. The summed E-state index contributed by atoms with van der Waals surface area (Å²) in [7, 11) is 0. The minimum Gasteiger partial charge on any atom is -0.369 e. The molecule has 0 unspecified atom stereocenters. The maximum Gasteiger partial charge on any atom is 0.220 e. The molecular weight excluding hydrogens is 436 g/mol. The van der Waals surface area contributed by atoms with E-state index in [1.165, 1.54) is 4.90 Å². The van der Waals surface area contributed by atoms with E-state index in [-0.39, 0.29) is 26.6 Å². The molecule has 0 bridgehead atoms. The highest BCUT2D eigenvalue weighted by Crippen LogP contribution is 2.44. The second-order valence-corrected chi connectivity index (χ2v) is 7.28. The number of rotatable bonds is 1. The van der Waals surface area contributed by atoms with Gasteiger partial charge in [0.1, 0.15) is 11.5 Å². The monoisotopic (exact) mass is 449 g/mol. The van der Waals surface area contributed by atoms with Crippen molar-refractivity contribution < 1.29 is 8.78 Å². The largest absolute Gasteiger partial charge is 0.369 e. The molecule has 4 N–H and O–H groups in total. The van der Waals surface area contributed by atoms with Crippen LogP contribution < -0.4 is 16.4 Å². The average Bonchev–Trinajstić information content (AvgIpc) is 2.48. The number of guanidine groups is 2. The standard InChI is InChI=1S/C14H15Br2F2N5/c15-7-6-8(17)11(9(16)10(7)18)23-13(20)21-12(19)22-14(23)4-2-1-3-5-14/h6H,1-5H2,(H4,19,20,21,22). The number of aliphatic imine (C=N–C) groups is 2. The summed E-state index contributed by atoms with van der Waals surface area (Å²) in [6.07, 6.45) is 4.15. The van der Waals surface area contributed by atoms with Gasteiger partial charge in [-0.05, 0) is 63.6 Å². The Kier molecular flexibility index (Phi) is 4.35. The molecule has 0 radical (unpaired) electrons. The quantitative estimate of drug-likeness (QED) is 0.506. The molecule has 124 valence electrons. The van der Waals surface area contributed by atoms with Crippen molar-refractivity contribution in [1.29, 1.82) is 0 Å². The van der Waals surface area contributed by atoms with Crippen molar-refractivity contribution in [3.8, 4) is 0 Å². The van der Waals surface area contributed by atoms with Gasteiger partial charge in [0.15, 0.2) is 5.82 Å². The third kappa shape index (κ3) is 2.73. The smallest absolute Gasteiger partial charge is 0.220 e. The molecule has 2 aliphatic rings. The number of anilines is 1. The molecule has 0 aromatic heterocycles. The first-order chi connectivity index (χ1) is 10.9. The minimum absolute atomic E-state index is 0.00917. The van der Waals surface area contributed by atoms with Gasteiger partial charge < -0.3 is 11.5 Å². The van der Waals surface area contributed by atoms with E-state index >= 15 is 0 Å². The lowest BCUT2D eigenvalue weighted by Crippen LogP contribution is -2.58. The highest BCUT2D eigenvalue weighted by Gasteiger charge is 2.44. The molecule has 1 aliphatic heterocycles. The fourth-order valence-electron chi connectivity index (χ4n) is 3.21. The van der Waals surface area contributed by atoms with Gasteiger partial charge in [-0.25, -0.2) is 13.8 Å². The van der Waals surface area contributed by atoms with Crippen molar-refractivity contribution >= 4 is 49.5 Å². The molecule has 0 saturated heterocycles. The summed E-state index contributed by atoms with van der Waals surface area (Å²) in [5, 5.41) is 0. The topological polar surface area (TPSA) is 80.0 Å². The first-order valence-corrected chi connectivity index (χ1v) is 8.77. The van der Waals surface area contributed by atoms with Gasteiger partial charge in [0, 0.05) is 0 Å². The maximum atomic E-state index is 14.6. The molecule has 9 heteroatoms. The number of hydrogen-bond acceptors (Lipinski definition) is 5. The van der Waals surface area contributed by atoms with Crippen molar-refractivity contribution in [2.45, 2.75) is 37.8 Å². The molecule has 5 nitrogen and oxygen atoms in total. The Labute approximate surface area is 149 Å². The first kappa shape index (κ1) is 16.6. The molecule has 0 amide bonds. The zero-order valence-electron chi connectivity index (χ0n) is 12.1. The van der Waals surface area contributed by atoms with E-state index in [1.807, 2.05) is 0 Å². The molecule has 1 aliphatic carbocycles. The van der Waals surface area contributed by atoms with Crippen LogP contribution in [0.25, 0.3) is 0 Å². The summed E-state index contributed by atoms with van der Waals surface area (Å²) < 4.78 is 28.9. The van der Waals surface area contributed by atoms with Crippen LogP contribution >= 0.6 is 31.9 Å². The van der Waals surface area contributed by atoms with Gasteiger partial charge in [0.2, 0.25) is 11.9 Å². The Bertz CT molecular complexity index is 714. The van der Waals surface area contributed by atoms with Crippen LogP contribution in [-0.2, 0) is 0 Å². The SMILES string of the molecule is NC1=NC2(CCCCC2)N(c2c(F)cc(Br)c(F)c2Br)C(N)=N1. The highest BCUT2D eigenvalue weighted by atomic mass is 79.9. The Hall–Kier alpha value is -1.22. The van der Waals surface area contributed by atoms with Gasteiger partial charge in [-0.15, -0.1) is 0 Å². The molecule has 1 spiro atoms. The zero-order chi connectivity index (χ0) is 16.8. The number of hydrogen-bond donors (Lipinski definition) is 2. The second kappa shape index (κ2) is 6.01.